The molecule has 1 aliphatic rings. The van der Waals surface area contributed by atoms with Gasteiger partial charge in [0.05, 0.1) is 25.5 Å². The fraction of sp³-hybridized carbons (Fsp3) is 0.174. The summed E-state index contributed by atoms with van der Waals surface area (Å²) in [4.78, 5) is 17.6. The standard InChI is InChI=1S/C23H23N5O3/c1-15-21(22(29)27-18-13-17(30-2)10-12-20(18)31-3)19(28-23(26-15)24-14-25-28)11-9-16-7-5-4-6-8-16/h4-14,19H,1-3H3,(H,27,29)(H,24,25,26)/b11-9+. The zero-order valence-electron chi connectivity index (χ0n) is 17.5. The number of nitrogens with zero attached hydrogens (tertiary/aromatic N) is 3. The Bertz CT molecular complexity index is 1150. The van der Waals surface area contributed by atoms with Crippen molar-refractivity contribution in [3.63, 3.8) is 0 Å². The quantitative estimate of drug-likeness (QED) is 0.632. The van der Waals surface area contributed by atoms with Crippen molar-refractivity contribution in [3.8, 4) is 11.5 Å². The molecule has 0 saturated carbocycles. The maximum atomic E-state index is 13.4. The number of amides is 1. The molecule has 2 aromatic carbocycles. The number of benzene rings is 2. The third-order valence-corrected chi connectivity index (χ3v) is 5.01. The molecular weight excluding hydrogens is 394 g/mol. The van der Waals surface area contributed by atoms with Gasteiger partial charge < -0.3 is 20.1 Å². The number of carbonyl (C=O) groups is 1. The fourth-order valence-corrected chi connectivity index (χ4v) is 3.47. The van der Waals surface area contributed by atoms with Crippen molar-refractivity contribution in [2.75, 3.05) is 24.9 Å². The largest absolute Gasteiger partial charge is 0.497 e. The number of hydrogen-bond acceptors (Lipinski definition) is 6. The van der Waals surface area contributed by atoms with Crippen LogP contribution in [0.25, 0.3) is 6.08 Å². The Balaban J connectivity index is 1.69. The Morgan fingerprint density at radius 1 is 1.16 bits per heavy atom. The summed E-state index contributed by atoms with van der Waals surface area (Å²) in [6.45, 7) is 1.85. The van der Waals surface area contributed by atoms with Crippen LogP contribution in [0.1, 0.15) is 18.5 Å². The van der Waals surface area contributed by atoms with E-state index in [4.69, 9.17) is 9.47 Å². The molecule has 0 fully saturated rings. The number of methoxy groups -OCH3 is 2. The average Bonchev–Trinajstić information content (AvgIpc) is 3.25. The minimum atomic E-state index is -0.435. The van der Waals surface area contributed by atoms with Crippen LogP contribution in [-0.4, -0.2) is 34.9 Å². The first-order valence-corrected chi connectivity index (χ1v) is 9.74. The van der Waals surface area contributed by atoms with E-state index in [-0.39, 0.29) is 5.91 Å². The van der Waals surface area contributed by atoms with Gasteiger partial charge in [-0.2, -0.15) is 10.1 Å². The second-order valence-electron chi connectivity index (χ2n) is 6.93. The molecule has 1 amide bonds. The highest BCUT2D eigenvalue weighted by Gasteiger charge is 2.30. The molecule has 0 saturated heterocycles. The van der Waals surface area contributed by atoms with E-state index in [9.17, 15) is 4.79 Å². The molecular formula is C23H23N5O3. The highest BCUT2D eigenvalue weighted by atomic mass is 16.5. The van der Waals surface area contributed by atoms with Gasteiger partial charge in [-0.3, -0.25) is 4.79 Å². The molecule has 0 radical (unpaired) electrons. The fourth-order valence-electron chi connectivity index (χ4n) is 3.47. The van der Waals surface area contributed by atoms with Gasteiger partial charge in [-0.05, 0) is 24.6 Å². The van der Waals surface area contributed by atoms with E-state index in [1.807, 2.05) is 49.4 Å². The number of ether oxygens (including phenoxy) is 2. The van der Waals surface area contributed by atoms with Crippen LogP contribution in [-0.2, 0) is 4.79 Å². The zero-order chi connectivity index (χ0) is 21.8. The van der Waals surface area contributed by atoms with Crippen molar-refractivity contribution in [1.82, 2.24) is 14.8 Å². The van der Waals surface area contributed by atoms with Crippen LogP contribution in [0.15, 0.2) is 72.2 Å². The number of allylic oxidation sites excluding steroid dienone is 2. The number of nitrogens with one attached hydrogen (secondary N) is 2. The molecule has 1 aromatic heterocycles. The molecule has 1 atom stereocenters. The summed E-state index contributed by atoms with van der Waals surface area (Å²) in [6.07, 6.45) is 5.37. The average molecular weight is 417 g/mol. The topological polar surface area (TPSA) is 90.3 Å². The molecule has 1 unspecified atom stereocenters. The normalized spacial score (nSPS) is 15.4. The Kier molecular flexibility index (Phi) is 5.70. The summed E-state index contributed by atoms with van der Waals surface area (Å²) < 4.78 is 12.4. The second kappa shape index (κ2) is 8.74. The summed E-state index contributed by atoms with van der Waals surface area (Å²) in [6, 6.07) is 14.7. The van der Waals surface area contributed by atoms with Crippen molar-refractivity contribution < 1.29 is 14.3 Å². The number of carbonyl (C=O) groups excluding carboxylic acids is 1. The van der Waals surface area contributed by atoms with E-state index in [0.29, 0.717) is 34.4 Å². The lowest BCUT2D eigenvalue weighted by molar-refractivity contribution is -0.113. The third-order valence-electron chi connectivity index (χ3n) is 5.01. The van der Waals surface area contributed by atoms with Gasteiger partial charge in [-0.1, -0.05) is 42.5 Å². The molecule has 0 spiro atoms. The van der Waals surface area contributed by atoms with Gasteiger partial charge >= 0.3 is 0 Å². The molecule has 2 heterocycles. The molecule has 4 rings (SSSR count). The first kappa shape index (κ1) is 20.2. The van der Waals surface area contributed by atoms with Crippen LogP contribution in [0.5, 0.6) is 11.5 Å². The Morgan fingerprint density at radius 2 is 1.97 bits per heavy atom. The Morgan fingerprint density at radius 3 is 2.71 bits per heavy atom. The molecule has 0 aliphatic carbocycles. The maximum Gasteiger partial charge on any atom is 0.255 e. The van der Waals surface area contributed by atoms with Gasteiger partial charge in [0, 0.05) is 11.8 Å². The molecule has 8 heteroatoms. The molecule has 2 N–H and O–H groups in total. The summed E-state index contributed by atoms with van der Waals surface area (Å²) in [5.74, 6) is 1.45. The van der Waals surface area contributed by atoms with Crippen LogP contribution >= 0.6 is 0 Å². The lowest BCUT2D eigenvalue weighted by atomic mass is 10.0. The highest BCUT2D eigenvalue weighted by Crippen LogP contribution is 2.34. The van der Waals surface area contributed by atoms with Crippen LogP contribution in [0.4, 0.5) is 11.6 Å². The van der Waals surface area contributed by atoms with E-state index < -0.39 is 6.04 Å². The summed E-state index contributed by atoms with van der Waals surface area (Å²) in [7, 11) is 3.12. The van der Waals surface area contributed by atoms with Gasteiger partial charge in [-0.25, -0.2) is 4.68 Å². The number of hydrogen-bond donors (Lipinski definition) is 2. The molecule has 158 valence electrons. The minimum absolute atomic E-state index is 0.277. The SMILES string of the molecule is COc1ccc(OC)c(NC(=O)C2=C(C)Nc3ncnn3C2/C=C/c2ccccc2)c1. The molecule has 1 aliphatic heterocycles. The van der Waals surface area contributed by atoms with Gasteiger partial charge in [-0.15, -0.1) is 0 Å². The van der Waals surface area contributed by atoms with Gasteiger partial charge in [0.15, 0.2) is 0 Å². The van der Waals surface area contributed by atoms with Gasteiger partial charge in [0.25, 0.3) is 5.91 Å². The zero-order valence-corrected chi connectivity index (χ0v) is 17.5. The monoisotopic (exact) mass is 417 g/mol. The van der Waals surface area contributed by atoms with Crippen molar-refractivity contribution in [3.05, 3.63) is 77.8 Å². The summed E-state index contributed by atoms with van der Waals surface area (Å²) in [5.41, 5.74) is 2.76. The number of rotatable bonds is 6. The summed E-state index contributed by atoms with van der Waals surface area (Å²) >= 11 is 0. The van der Waals surface area contributed by atoms with E-state index in [1.165, 1.54) is 6.33 Å². The summed E-state index contributed by atoms with van der Waals surface area (Å²) in [5, 5.41) is 10.4. The lowest BCUT2D eigenvalue weighted by Crippen LogP contribution is -2.30. The Labute approximate surface area is 180 Å². The van der Waals surface area contributed by atoms with E-state index in [2.05, 4.69) is 20.7 Å². The highest BCUT2D eigenvalue weighted by molar-refractivity contribution is 6.06. The van der Waals surface area contributed by atoms with Crippen molar-refractivity contribution in [1.29, 1.82) is 0 Å². The smallest absolute Gasteiger partial charge is 0.255 e. The van der Waals surface area contributed by atoms with Crippen LogP contribution in [0, 0.1) is 0 Å². The predicted octanol–water partition coefficient (Wildman–Crippen LogP) is 3.89. The number of fused-ring (bicyclic) bond motifs is 1. The molecule has 8 nitrogen and oxygen atoms in total. The molecule has 3 aromatic rings. The molecule has 0 bridgehead atoms. The molecule has 31 heavy (non-hydrogen) atoms. The van der Waals surface area contributed by atoms with E-state index in [0.717, 1.165) is 5.56 Å². The van der Waals surface area contributed by atoms with Crippen LogP contribution < -0.4 is 20.1 Å². The van der Waals surface area contributed by atoms with Crippen molar-refractivity contribution in [2.45, 2.75) is 13.0 Å². The number of aromatic nitrogens is 3. The Hall–Kier alpha value is -4.07. The van der Waals surface area contributed by atoms with Crippen LogP contribution in [0.2, 0.25) is 0 Å². The lowest BCUT2D eigenvalue weighted by Gasteiger charge is -2.26. The second-order valence-corrected chi connectivity index (χ2v) is 6.93. The first-order chi connectivity index (χ1) is 15.1. The first-order valence-electron chi connectivity index (χ1n) is 9.74. The van der Waals surface area contributed by atoms with Crippen molar-refractivity contribution >= 4 is 23.6 Å². The predicted molar refractivity (Wildman–Crippen MR) is 119 cm³/mol. The van der Waals surface area contributed by atoms with Gasteiger partial charge in [0.2, 0.25) is 5.95 Å². The van der Waals surface area contributed by atoms with Gasteiger partial charge in [0.1, 0.15) is 23.9 Å². The minimum Gasteiger partial charge on any atom is -0.497 e. The third kappa shape index (κ3) is 4.13. The van der Waals surface area contributed by atoms with Crippen LogP contribution in [0.3, 0.4) is 0 Å². The maximum absolute atomic E-state index is 13.4. The van der Waals surface area contributed by atoms with Crippen molar-refractivity contribution in [2.24, 2.45) is 0 Å². The number of anilines is 2. The van der Waals surface area contributed by atoms with E-state index in [1.54, 1.807) is 37.1 Å². The van der Waals surface area contributed by atoms with E-state index >= 15 is 0 Å².